The fourth-order valence-electron chi connectivity index (χ4n) is 2.01. The molecule has 0 radical (unpaired) electrons. The van der Waals surface area contributed by atoms with Crippen LogP contribution in [0.4, 0.5) is 5.69 Å². The molecule has 7 nitrogen and oxygen atoms in total. The number of aryl methyl sites for hydroxylation is 2. The van der Waals surface area contributed by atoms with Gasteiger partial charge in [-0.2, -0.15) is 5.10 Å². The molecule has 0 bridgehead atoms. The molecule has 1 aromatic rings. The third-order valence-corrected chi connectivity index (χ3v) is 3.08. The third kappa shape index (κ3) is 3.28. The highest BCUT2D eigenvalue weighted by Crippen LogP contribution is 2.18. The summed E-state index contributed by atoms with van der Waals surface area (Å²) in [6.07, 6.45) is 0.662. The maximum Gasteiger partial charge on any atom is 0.274 e. The molecular formula is C13H23N5O2. The van der Waals surface area contributed by atoms with E-state index in [9.17, 15) is 9.59 Å². The average Bonchev–Trinajstić information content (AvgIpc) is 2.70. The van der Waals surface area contributed by atoms with Crippen molar-refractivity contribution in [2.24, 2.45) is 7.05 Å². The lowest BCUT2D eigenvalue weighted by Gasteiger charge is -2.20. The summed E-state index contributed by atoms with van der Waals surface area (Å²) < 4.78 is 1.48. The summed E-state index contributed by atoms with van der Waals surface area (Å²) >= 11 is 0. The average molecular weight is 281 g/mol. The number of hydrogen-bond acceptors (Lipinski definition) is 4. The molecule has 0 atom stereocenters. The molecule has 0 fully saturated rings. The van der Waals surface area contributed by atoms with Gasteiger partial charge in [0.25, 0.3) is 5.91 Å². The molecule has 0 aliphatic rings. The highest BCUT2D eigenvalue weighted by molar-refractivity contribution is 5.99. The van der Waals surface area contributed by atoms with Gasteiger partial charge in [-0.25, -0.2) is 0 Å². The summed E-state index contributed by atoms with van der Waals surface area (Å²) in [5.74, 6) is -0.454. The number of nitrogens with one attached hydrogen (secondary N) is 1. The zero-order valence-electron chi connectivity index (χ0n) is 12.6. The SMILES string of the molecule is CCNC(=O)CN(CC)C(=O)c1c(N)c(CC)nn1C. The molecule has 0 unspecified atom stereocenters. The van der Waals surface area contributed by atoms with Crippen LogP contribution in [0.1, 0.15) is 37.0 Å². The number of likely N-dealkylation sites (N-methyl/N-ethyl adjacent to an activating group) is 2. The number of nitrogens with two attached hydrogens (primary N) is 1. The maximum absolute atomic E-state index is 12.5. The molecule has 1 rings (SSSR count). The molecule has 0 aliphatic heterocycles. The van der Waals surface area contributed by atoms with Crippen LogP contribution in [0.5, 0.6) is 0 Å². The topological polar surface area (TPSA) is 93.2 Å². The van der Waals surface area contributed by atoms with Crippen molar-refractivity contribution < 1.29 is 9.59 Å². The zero-order valence-corrected chi connectivity index (χ0v) is 12.6. The first-order valence-electron chi connectivity index (χ1n) is 6.83. The van der Waals surface area contributed by atoms with Gasteiger partial charge in [0.2, 0.25) is 5.91 Å². The molecule has 1 aromatic heterocycles. The highest BCUT2D eigenvalue weighted by atomic mass is 16.2. The quantitative estimate of drug-likeness (QED) is 0.777. The summed E-state index contributed by atoms with van der Waals surface area (Å²) in [7, 11) is 1.68. The van der Waals surface area contributed by atoms with E-state index in [1.807, 2.05) is 20.8 Å². The van der Waals surface area contributed by atoms with E-state index in [4.69, 9.17) is 5.73 Å². The minimum Gasteiger partial charge on any atom is -0.395 e. The predicted octanol–water partition coefficient (Wildman–Crippen LogP) is 0.163. The highest BCUT2D eigenvalue weighted by Gasteiger charge is 2.24. The lowest BCUT2D eigenvalue weighted by atomic mass is 10.2. The van der Waals surface area contributed by atoms with Gasteiger partial charge >= 0.3 is 0 Å². The molecule has 0 saturated carbocycles. The Labute approximate surface area is 119 Å². The monoisotopic (exact) mass is 281 g/mol. The van der Waals surface area contributed by atoms with Crippen LogP contribution < -0.4 is 11.1 Å². The molecule has 1 heterocycles. The molecule has 0 aromatic carbocycles. The number of nitrogen functional groups attached to an aromatic ring is 1. The summed E-state index contributed by atoms with van der Waals surface area (Å²) in [6.45, 7) is 6.59. The third-order valence-electron chi connectivity index (χ3n) is 3.08. The fourth-order valence-corrected chi connectivity index (χ4v) is 2.01. The van der Waals surface area contributed by atoms with Gasteiger partial charge in [-0.15, -0.1) is 0 Å². The van der Waals surface area contributed by atoms with Crippen molar-refractivity contribution in [3.05, 3.63) is 11.4 Å². The van der Waals surface area contributed by atoms with E-state index in [-0.39, 0.29) is 18.4 Å². The molecule has 0 saturated heterocycles. The van der Waals surface area contributed by atoms with Gasteiger partial charge in [0.15, 0.2) is 0 Å². The van der Waals surface area contributed by atoms with E-state index in [0.717, 1.165) is 0 Å². The molecule has 112 valence electrons. The molecule has 7 heteroatoms. The molecule has 3 N–H and O–H groups in total. The Bertz CT molecular complexity index is 495. The van der Waals surface area contributed by atoms with Gasteiger partial charge in [0.05, 0.1) is 17.9 Å². The molecule has 20 heavy (non-hydrogen) atoms. The van der Waals surface area contributed by atoms with E-state index >= 15 is 0 Å². The minimum absolute atomic E-state index is 0.0231. The van der Waals surface area contributed by atoms with Gasteiger partial charge in [-0.05, 0) is 20.3 Å². The second kappa shape index (κ2) is 6.93. The number of carbonyl (C=O) groups excluding carboxylic acids is 2. The number of nitrogens with zero attached hydrogens (tertiary/aromatic N) is 3. The van der Waals surface area contributed by atoms with E-state index in [1.54, 1.807) is 7.05 Å². The van der Waals surface area contributed by atoms with Crippen molar-refractivity contribution in [2.45, 2.75) is 27.2 Å². The van der Waals surface area contributed by atoms with Crippen molar-refractivity contribution in [2.75, 3.05) is 25.4 Å². The lowest BCUT2D eigenvalue weighted by Crippen LogP contribution is -2.41. The summed E-state index contributed by atoms with van der Waals surface area (Å²) in [5, 5.41) is 6.90. The van der Waals surface area contributed by atoms with Gasteiger partial charge in [-0.1, -0.05) is 6.92 Å². The van der Waals surface area contributed by atoms with Crippen LogP contribution in [-0.4, -0.2) is 46.1 Å². The number of rotatable bonds is 6. The fraction of sp³-hybridized carbons (Fsp3) is 0.615. The number of carbonyl (C=O) groups is 2. The van der Waals surface area contributed by atoms with E-state index < -0.39 is 0 Å². The molecule has 0 spiro atoms. The molecule has 0 aliphatic carbocycles. The van der Waals surface area contributed by atoms with Crippen LogP contribution in [0.3, 0.4) is 0 Å². The van der Waals surface area contributed by atoms with E-state index in [0.29, 0.717) is 36.6 Å². The largest absolute Gasteiger partial charge is 0.395 e. The lowest BCUT2D eigenvalue weighted by molar-refractivity contribution is -0.121. The van der Waals surface area contributed by atoms with Crippen molar-refractivity contribution >= 4 is 17.5 Å². The van der Waals surface area contributed by atoms with Crippen LogP contribution >= 0.6 is 0 Å². The van der Waals surface area contributed by atoms with Crippen molar-refractivity contribution in [1.82, 2.24) is 20.0 Å². The standard InChI is InChI=1S/C13H23N5O2/c1-5-9-11(14)12(17(4)16-9)13(20)18(7-3)8-10(19)15-6-2/h5-8,14H2,1-4H3,(H,15,19). The first kappa shape index (κ1) is 16.0. The second-order valence-electron chi connectivity index (χ2n) is 4.46. The smallest absolute Gasteiger partial charge is 0.274 e. The second-order valence-corrected chi connectivity index (χ2v) is 4.46. The number of anilines is 1. The van der Waals surface area contributed by atoms with Crippen LogP contribution in [0.15, 0.2) is 0 Å². The maximum atomic E-state index is 12.5. The number of hydrogen-bond donors (Lipinski definition) is 2. The Morgan fingerprint density at radius 3 is 2.45 bits per heavy atom. The van der Waals surface area contributed by atoms with E-state index in [2.05, 4.69) is 10.4 Å². The summed E-state index contributed by atoms with van der Waals surface area (Å²) in [5.41, 5.74) is 7.40. The van der Waals surface area contributed by atoms with Crippen LogP contribution in [0, 0.1) is 0 Å². The van der Waals surface area contributed by atoms with Crippen LogP contribution in [0.25, 0.3) is 0 Å². The first-order valence-corrected chi connectivity index (χ1v) is 6.83. The van der Waals surface area contributed by atoms with Crippen LogP contribution in [-0.2, 0) is 18.3 Å². The van der Waals surface area contributed by atoms with Crippen molar-refractivity contribution in [3.63, 3.8) is 0 Å². The molecule has 2 amide bonds. The van der Waals surface area contributed by atoms with Crippen molar-refractivity contribution in [3.8, 4) is 0 Å². The Balaban J connectivity index is 2.97. The number of aromatic nitrogens is 2. The van der Waals surface area contributed by atoms with Crippen molar-refractivity contribution in [1.29, 1.82) is 0 Å². The minimum atomic E-state index is -0.272. The summed E-state index contributed by atoms with van der Waals surface area (Å²) in [6, 6.07) is 0. The van der Waals surface area contributed by atoms with Gasteiger partial charge in [0, 0.05) is 20.1 Å². The number of amides is 2. The zero-order chi connectivity index (χ0) is 15.3. The first-order chi connectivity index (χ1) is 9.46. The summed E-state index contributed by atoms with van der Waals surface area (Å²) in [4.78, 5) is 25.6. The Morgan fingerprint density at radius 2 is 2.00 bits per heavy atom. The normalized spacial score (nSPS) is 10.4. The molecular weight excluding hydrogens is 258 g/mol. The van der Waals surface area contributed by atoms with Gasteiger partial charge in [-0.3, -0.25) is 14.3 Å². The Kier molecular flexibility index (Phi) is 5.54. The van der Waals surface area contributed by atoms with E-state index in [1.165, 1.54) is 9.58 Å². The Morgan fingerprint density at radius 1 is 1.35 bits per heavy atom. The van der Waals surface area contributed by atoms with Gasteiger partial charge in [0.1, 0.15) is 5.69 Å². The Hall–Kier alpha value is -2.05. The van der Waals surface area contributed by atoms with Crippen LogP contribution in [0.2, 0.25) is 0 Å². The van der Waals surface area contributed by atoms with Gasteiger partial charge < -0.3 is 16.0 Å². The predicted molar refractivity (Wildman–Crippen MR) is 77.3 cm³/mol.